The summed E-state index contributed by atoms with van der Waals surface area (Å²) in [6, 6.07) is 24.0. The first-order valence-corrected chi connectivity index (χ1v) is 17.0. The van der Waals surface area contributed by atoms with E-state index in [-0.39, 0.29) is 42.2 Å². The number of methoxy groups -OCH3 is 1. The van der Waals surface area contributed by atoms with Crippen molar-refractivity contribution in [3.63, 3.8) is 0 Å². The second-order valence-electron chi connectivity index (χ2n) is 12.4. The van der Waals surface area contributed by atoms with Gasteiger partial charge in [-0.2, -0.15) is 0 Å². The predicted molar refractivity (Wildman–Crippen MR) is 188 cm³/mol. The summed E-state index contributed by atoms with van der Waals surface area (Å²) in [7, 11) is 1.57. The van der Waals surface area contributed by atoms with Gasteiger partial charge in [0, 0.05) is 29.3 Å². The van der Waals surface area contributed by atoms with Crippen molar-refractivity contribution in [2.75, 3.05) is 36.6 Å². The van der Waals surface area contributed by atoms with E-state index in [0.717, 1.165) is 5.56 Å². The zero-order valence-corrected chi connectivity index (χ0v) is 28.4. The molecule has 9 nitrogen and oxygen atoms in total. The maximum absolute atomic E-state index is 15.1. The molecule has 7 atom stereocenters. The van der Waals surface area contributed by atoms with Gasteiger partial charge < -0.3 is 29.3 Å². The molecular formula is C38H40BrN3O6. The van der Waals surface area contributed by atoms with Crippen LogP contribution >= 0.6 is 15.9 Å². The Balaban J connectivity index is 1.47. The Morgan fingerprint density at radius 2 is 1.56 bits per heavy atom. The molecule has 0 saturated carbocycles. The van der Waals surface area contributed by atoms with Gasteiger partial charge in [0.25, 0.3) is 5.91 Å². The molecule has 3 unspecified atom stereocenters. The first-order chi connectivity index (χ1) is 23.3. The fraction of sp³-hybridized carbons (Fsp3) is 0.342. The van der Waals surface area contributed by atoms with Crippen LogP contribution in [0.1, 0.15) is 12.0 Å². The molecule has 3 aromatic rings. The number of carbonyl (C=O) groups excluding carboxylic acids is 3. The van der Waals surface area contributed by atoms with E-state index in [1.165, 1.54) is 4.90 Å². The number of nitrogens with zero attached hydrogens (tertiary/aromatic N) is 3. The number of para-hydroxylation sites is 1. The van der Waals surface area contributed by atoms with Crippen LogP contribution in [-0.2, 0) is 25.5 Å². The minimum atomic E-state index is -1.32. The maximum atomic E-state index is 15.1. The molecule has 3 heterocycles. The number of carbonyl (C=O) groups is 3. The fourth-order valence-electron chi connectivity index (χ4n) is 7.76. The number of anilines is 2. The van der Waals surface area contributed by atoms with Gasteiger partial charge in [-0.15, -0.1) is 13.2 Å². The monoisotopic (exact) mass is 713 g/mol. The van der Waals surface area contributed by atoms with Crippen molar-refractivity contribution in [1.82, 2.24) is 4.90 Å². The molecule has 0 radical (unpaired) electrons. The Morgan fingerprint density at radius 1 is 0.979 bits per heavy atom. The Hall–Kier alpha value is -4.25. The average Bonchev–Trinajstić information content (AvgIpc) is 3.72. The maximum Gasteiger partial charge on any atom is 0.253 e. The normalized spacial score (nSPS) is 26.1. The quantitative estimate of drug-likeness (QED) is 0.202. The molecule has 250 valence electrons. The summed E-state index contributed by atoms with van der Waals surface area (Å²) >= 11 is 3.78. The number of aliphatic hydroxyl groups excluding tert-OH is 1. The lowest BCUT2D eigenvalue weighted by atomic mass is 9.70. The molecule has 0 aromatic heterocycles. The summed E-state index contributed by atoms with van der Waals surface area (Å²) in [5.41, 5.74) is 0.850. The molecule has 6 rings (SSSR count). The van der Waals surface area contributed by atoms with Crippen LogP contribution in [0.15, 0.2) is 110 Å². The molecule has 3 amide bonds. The number of likely N-dealkylation sites (tertiary alicyclic amines) is 1. The number of hydrogen-bond donors (Lipinski definition) is 1. The molecule has 10 heteroatoms. The summed E-state index contributed by atoms with van der Waals surface area (Å²) in [5, 5.41) is 10.9. The van der Waals surface area contributed by atoms with Crippen LogP contribution in [0.5, 0.6) is 5.75 Å². The first-order valence-electron chi connectivity index (χ1n) is 16.1. The number of alkyl halides is 1. The van der Waals surface area contributed by atoms with Crippen LogP contribution in [0, 0.1) is 11.8 Å². The fourth-order valence-corrected chi connectivity index (χ4v) is 8.70. The summed E-state index contributed by atoms with van der Waals surface area (Å²) in [4.78, 5) is 49.0. The number of amides is 3. The van der Waals surface area contributed by atoms with E-state index in [2.05, 4.69) is 29.1 Å². The second-order valence-corrected chi connectivity index (χ2v) is 13.6. The molecule has 1 spiro atoms. The minimum absolute atomic E-state index is 0.164. The highest BCUT2D eigenvalue weighted by Gasteiger charge is 2.77. The highest BCUT2D eigenvalue weighted by Crippen LogP contribution is 2.61. The van der Waals surface area contributed by atoms with Crippen molar-refractivity contribution in [3.8, 4) is 5.75 Å². The van der Waals surface area contributed by atoms with E-state index < -0.39 is 35.6 Å². The Kier molecular flexibility index (Phi) is 9.87. The molecule has 3 aliphatic heterocycles. The van der Waals surface area contributed by atoms with Gasteiger partial charge in [0.15, 0.2) is 0 Å². The number of halogens is 1. The third-order valence-electron chi connectivity index (χ3n) is 9.77. The number of aliphatic hydroxyl groups is 1. The van der Waals surface area contributed by atoms with E-state index in [4.69, 9.17) is 9.47 Å². The van der Waals surface area contributed by atoms with Gasteiger partial charge >= 0.3 is 0 Å². The van der Waals surface area contributed by atoms with Gasteiger partial charge in [0.1, 0.15) is 17.4 Å². The van der Waals surface area contributed by atoms with Crippen LogP contribution in [0.4, 0.5) is 11.4 Å². The number of benzene rings is 3. The van der Waals surface area contributed by atoms with E-state index in [1.54, 1.807) is 53.3 Å². The zero-order valence-electron chi connectivity index (χ0n) is 26.9. The molecule has 2 bridgehead atoms. The third kappa shape index (κ3) is 5.76. The van der Waals surface area contributed by atoms with E-state index in [1.807, 2.05) is 60.7 Å². The molecule has 3 saturated heterocycles. The predicted octanol–water partition coefficient (Wildman–Crippen LogP) is 4.79. The van der Waals surface area contributed by atoms with Crippen molar-refractivity contribution < 1.29 is 29.0 Å². The summed E-state index contributed by atoms with van der Waals surface area (Å²) in [5.74, 6) is -2.20. The van der Waals surface area contributed by atoms with Gasteiger partial charge in [0.05, 0.1) is 37.7 Å². The third-order valence-corrected chi connectivity index (χ3v) is 10.6. The van der Waals surface area contributed by atoms with E-state index in [0.29, 0.717) is 30.0 Å². The highest BCUT2D eigenvalue weighted by molar-refractivity contribution is 9.09. The second kappa shape index (κ2) is 14.1. The Morgan fingerprint density at radius 3 is 2.15 bits per heavy atom. The van der Waals surface area contributed by atoms with Gasteiger partial charge in [-0.05, 0) is 54.8 Å². The molecule has 3 fully saturated rings. The SMILES string of the molecule is C=CCN(C(=O)C1N([C@@H](CO)Cc2ccccc2)C(=O)[C@@H]2[C@@H](C(=O)N(CC=C)c3ccccc3)[C@@H]3OC12CC3Br)c1ccc(OC)cc1. The lowest BCUT2D eigenvalue weighted by Gasteiger charge is -2.39. The van der Waals surface area contributed by atoms with Crippen molar-refractivity contribution in [3.05, 3.63) is 116 Å². The number of fused-ring (bicyclic) bond motifs is 1. The van der Waals surface area contributed by atoms with Gasteiger partial charge in [0.2, 0.25) is 11.8 Å². The topological polar surface area (TPSA) is 99.6 Å². The molecule has 3 aliphatic rings. The van der Waals surface area contributed by atoms with Crippen molar-refractivity contribution in [2.24, 2.45) is 11.8 Å². The summed E-state index contributed by atoms with van der Waals surface area (Å²) in [6.45, 7) is 7.78. The van der Waals surface area contributed by atoms with Gasteiger partial charge in [-0.25, -0.2) is 0 Å². The number of hydrogen-bond acceptors (Lipinski definition) is 6. The van der Waals surface area contributed by atoms with Crippen LogP contribution in [0.25, 0.3) is 0 Å². The van der Waals surface area contributed by atoms with Crippen molar-refractivity contribution in [1.29, 1.82) is 0 Å². The average molecular weight is 715 g/mol. The minimum Gasteiger partial charge on any atom is -0.497 e. The lowest BCUT2D eigenvalue weighted by molar-refractivity contribution is -0.144. The largest absolute Gasteiger partial charge is 0.497 e. The van der Waals surface area contributed by atoms with Crippen LogP contribution in [0.3, 0.4) is 0 Å². The summed E-state index contributed by atoms with van der Waals surface area (Å²) in [6.07, 6.45) is 3.29. The zero-order chi connectivity index (χ0) is 34.0. The molecule has 0 aliphatic carbocycles. The molecular weight excluding hydrogens is 674 g/mol. The van der Waals surface area contributed by atoms with E-state index >= 15 is 4.79 Å². The van der Waals surface area contributed by atoms with Gasteiger partial charge in [-0.3, -0.25) is 14.4 Å². The van der Waals surface area contributed by atoms with Crippen LogP contribution in [0.2, 0.25) is 0 Å². The Bertz CT molecular complexity index is 1650. The van der Waals surface area contributed by atoms with Gasteiger partial charge in [-0.1, -0.05) is 76.6 Å². The molecule has 1 N–H and O–H groups in total. The standard InChI is InChI=1S/C38H40BrN3O6/c1-4-20-40(26-14-10-7-11-15-26)35(44)31-32-36(45)42(28(24-43)22-25-12-8-6-9-13-25)34(38(32)23-30(39)33(31)48-38)37(46)41(21-5-2)27-16-18-29(47-3)19-17-27/h4-19,28,30-34,43H,1-2,20-24H2,3H3/t28-,30?,31-,32+,33-,34?,38?/m1/s1. The van der Waals surface area contributed by atoms with Crippen molar-refractivity contribution >= 4 is 45.0 Å². The Labute approximate surface area is 289 Å². The van der Waals surface area contributed by atoms with Crippen LogP contribution < -0.4 is 14.5 Å². The molecule has 48 heavy (non-hydrogen) atoms. The number of ether oxygens (including phenoxy) is 2. The van der Waals surface area contributed by atoms with Crippen LogP contribution in [-0.4, -0.2) is 83.2 Å². The van der Waals surface area contributed by atoms with Crippen molar-refractivity contribution in [2.45, 2.75) is 41.5 Å². The molecule has 3 aromatic carbocycles. The number of rotatable bonds is 13. The smallest absolute Gasteiger partial charge is 0.253 e. The summed E-state index contributed by atoms with van der Waals surface area (Å²) < 4.78 is 12.2. The first kappa shape index (κ1) is 33.6. The lowest BCUT2D eigenvalue weighted by Crippen LogP contribution is -2.59. The highest BCUT2D eigenvalue weighted by atomic mass is 79.9. The van der Waals surface area contributed by atoms with E-state index in [9.17, 15) is 14.7 Å².